The Balaban J connectivity index is -0.0000000935. The minimum Gasteiger partial charge on any atom is -0.379 e. The first kappa shape index (κ1) is 133. The fourth-order valence-corrected chi connectivity index (χ4v) is 13.2. The normalized spacial score (nSPS) is 9.80. The summed E-state index contributed by atoms with van der Waals surface area (Å²) in [4.78, 5) is 128. The molecule has 0 aromatic carbocycles. The molecule has 0 aliphatic heterocycles. The van der Waals surface area contributed by atoms with Crippen molar-refractivity contribution in [3.05, 3.63) is 0 Å². The zero-order valence-corrected chi connectivity index (χ0v) is 80.1. The van der Waals surface area contributed by atoms with Gasteiger partial charge >= 0.3 is 0 Å². The molecule has 0 saturated carbocycles. The maximum Gasteiger partial charge on any atom is 0.234 e. The number of Topliss-reactive ketones (excluding diaryl/α,β-unsaturated/α-hetero) is 10. The standard InChI is InChI=1S/2C10H18O4.C9H16N2O3.C7H17N3O.C6H11NO2.C6H10O3.6C4H10S2/c2*1-9(11)3-5-13-7-8-14-6-4-10(2)12;1-7(12)5-11(6-8(2)13)9(14)3-4-10;1-9-5-3-4-6(10-2)7(8)11;1-5(8)3-7-4-6(2)9;1-5(7)3-9-4-6(2)8;6*1-3-5-6-4-2/h2*3-8H2,1-2H3;3-6,10H2,1-2H3;6,9-10H,3-5H2,1-2H3,(H2,8,11);7H,3-4H2,1-2H3;3-4H2,1-2H3;6*3-4H2,1-2H3. The van der Waals surface area contributed by atoms with Gasteiger partial charge in [0.15, 0.2) is 11.6 Å². The summed E-state index contributed by atoms with van der Waals surface area (Å²) in [6, 6.07) is -0.177. The van der Waals surface area contributed by atoms with E-state index in [1.165, 1.54) is 143 Å². The summed E-state index contributed by atoms with van der Waals surface area (Å²) >= 11 is 0. The van der Waals surface area contributed by atoms with E-state index in [4.69, 9.17) is 30.4 Å². The van der Waals surface area contributed by atoms with Crippen molar-refractivity contribution in [3.8, 4) is 0 Å². The smallest absolute Gasteiger partial charge is 0.234 e. The Hall–Kier alpha value is -0.520. The second-order valence-corrected chi connectivity index (χ2v) is 39.0. The van der Waals surface area contributed by atoms with E-state index >= 15 is 0 Å². The van der Waals surface area contributed by atoms with Crippen LogP contribution in [0, 0.1) is 0 Å². The first-order valence-corrected chi connectivity index (χ1v) is 51.2. The van der Waals surface area contributed by atoms with Gasteiger partial charge in [0.2, 0.25) is 11.8 Å². The second kappa shape index (κ2) is 124. The molecule has 0 rings (SSSR count). The van der Waals surface area contributed by atoms with Gasteiger partial charge in [0.25, 0.3) is 0 Å². The highest BCUT2D eigenvalue weighted by molar-refractivity contribution is 8.78. The maximum atomic E-state index is 11.4. The number of nitrogens with one attached hydrogen (secondary N) is 3. The number of likely N-dealkylation sites (N-methyl/N-ethyl adjacent to an activating group) is 1. The third kappa shape index (κ3) is 188. The van der Waals surface area contributed by atoms with Crippen molar-refractivity contribution in [2.75, 3.05) is 188 Å². The van der Waals surface area contributed by atoms with Crippen LogP contribution < -0.4 is 27.4 Å². The van der Waals surface area contributed by atoms with Crippen LogP contribution in [0.3, 0.4) is 0 Å². The number of rotatable bonds is 56. The highest BCUT2D eigenvalue weighted by Gasteiger charge is 2.16. The van der Waals surface area contributed by atoms with Crippen molar-refractivity contribution < 1.29 is 81.2 Å². The number of carbonyl (C=O) groups excluding carboxylic acids is 12. The molecule has 1 atom stereocenters. The van der Waals surface area contributed by atoms with E-state index in [0.29, 0.717) is 91.6 Å². The van der Waals surface area contributed by atoms with Crippen molar-refractivity contribution in [1.82, 2.24) is 20.9 Å². The van der Waals surface area contributed by atoms with Gasteiger partial charge in [0.05, 0.1) is 85.1 Å². The third-order valence-corrected chi connectivity index (χ3v) is 24.9. The Morgan fingerprint density at radius 2 is 0.579 bits per heavy atom. The molecule has 107 heavy (non-hydrogen) atoms. The Labute approximate surface area is 698 Å². The Bertz CT molecular complexity index is 1740. The molecule has 0 heterocycles. The van der Waals surface area contributed by atoms with E-state index in [2.05, 4.69) is 104 Å². The van der Waals surface area contributed by atoms with Crippen LogP contribution in [0.15, 0.2) is 0 Å². The number of ketones is 10. The molecule has 0 aromatic heterocycles. The van der Waals surface area contributed by atoms with E-state index in [1.54, 1.807) is 7.05 Å². The summed E-state index contributed by atoms with van der Waals surface area (Å²) in [5.41, 5.74) is 10.3. The van der Waals surface area contributed by atoms with E-state index < -0.39 is 0 Å². The molecular weight excluding hydrogens is 1610 g/mol. The number of ether oxygens (including phenoxy) is 5. The average molecular weight is 1760 g/mol. The van der Waals surface area contributed by atoms with Crippen LogP contribution in [0.25, 0.3) is 0 Å². The predicted molar refractivity (Wildman–Crippen MR) is 485 cm³/mol. The predicted octanol–water partition coefficient (Wildman–Crippen LogP) is 14.7. The molecule has 0 aromatic rings. The SMILES string of the molecule is CC(=O)CCOCCOCCC(C)=O.CC(=O)CCOCCOCCC(C)=O.CC(=O)CN(CC(C)=O)C(=O)CCN.CC(=O)CNCC(C)=O.CC(=O)COCC(C)=O.CCSSCC.CCSSCC.CCSSCC.CCSSCC.CCSSCC.CCSSCC.CNCCCC(NC)C(N)=O. The summed E-state index contributed by atoms with van der Waals surface area (Å²) in [5, 5.41) is 8.55. The van der Waals surface area contributed by atoms with Crippen molar-refractivity contribution in [1.29, 1.82) is 0 Å². The van der Waals surface area contributed by atoms with Crippen LogP contribution in [0.5, 0.6) is 0 Å². The van der Waals surface area contributed by atoms with Gasteiger partial charge < -0.3 is 56.0 Å². The molecule has 7 N–H and O–H groups in total. The molecule has 0 spiro atoms. The van der Waals surface area contributed by atoms with Crippen LogP contribution in [0.1, 0.15) is 197 Å². The third-order valence-electron chi connectivity index (χ3n) is 9.56. The Morgan fingerprint density at radius 1 is 0.336 bits per heavy atom. The van der Waals surface area contributed by atoms with E-state index in [0.717, 1.165) is 19.4 Å². The minimum atomic E-state index is -0.274. The molecule has 642 valence electrons. The molecular formula is C72H150N6O17S12. The highest BCUT2D eigenvalue weighted by atomic mass is 33.1. The molecule has 2 amide bonds. The average Bonchev–Trinajstić information content (AvgIpc) is 0.931. The van der Waals surface area contributed by atoms with Crippen LogP contribution >= 0.6 is 130 Å². The van der Waals surface area contributed by atoms with Crippen molar-refractivity contribution in [3.63, 3.8) is 0 Å². The lowest BCUT2D eigenvalue weighted by Crippen LogP contribution is -2.39. The fraction of sp³-hybridized carbons (Fsp3) is 0.833. The highest BCUT2D eigenvalue weighted by Crippen LogP contribution is 2.21. The van der Waals surface area contributed by atoms with Crippen molar-refractivity contribution >= 4 is 199 Å². The summed E-state index contributed by atoms with van der Waals surface area (Å²) in [6.07, 6.45) is 3.74. The van der Waals surface area contributed by atoms with Gasteiger partial charge in [-0.05, 0) is 103 Å². The van der Waals surface area contributed by atoms with Crippen LogP contribution in [-0.4, -0.2) is 269 Å². The van der Waals surface area contributed by atoms with Crippen LogP contribution in [0.4, 0.5) is 0 Å². The molecule has 0 saturated heterocycles. The van der Waals surface area contributed by atoms with Gasteiger partial charge in [-0.3, -0.25) is 57.5 Å². The first-order valence-electron chi connectivity index (χ1n) is 36.3. The van der Waals surface area contributed by atoms with Gasteiger partial charge in [-0.1, -0.05) is 213 Å². The summed E-state index contributed by atoms with van der Waals surface area (Å²) in [6.45, 7) is 46.3. The van der Waals surface area contributed by atoms with Gasteiger partial charge in [-0.25, -0.2) is 0 Å². The number of amides is 2. The number of nitrogens with two attached hydrogens (primary N) is 2. The van der Waals surface area contributed by atoms with Gasteiger partial charge in [-0.15, -0.1) is 0 Å². The molecule has 35 heteroatoms. The number of hydrogen-bond acceptors (Lipinski definition) is 33. The Kier molecular flexibility index (Phi) is 153. The largest absolute Gasteiger partial charge is 0.379 e. The van der Waals surface area contributed by atoms with Gasteiger partial charge in [-0.2, -0.15) is 0 Å². The lowest BCUT2D eigenvalue weighted by Gasteiger charge is -2.19. The van der Waals surface area contributed by atoms with E-state index in [-0.39, 0.29) is 115 Å². The topological polar surface area (TPSA) is 342 Å². The van der Waals surface area contributed by atoms with E-state index in [9.17, 15) is 57.5 Å². The van der Waals surface area contributed by atoms with Gasteiger partial charge in [0, 0.05) is 108 Å². The Morgan fingerprint density at radius 3 is 0.738 bits per heavy atom. The molecule has 0 aliphatic carbocycles. The molecule has 0 radical (unpaired) electrons. The van der Waals surface area contributed by atoms with Crippen LogP contribution in [0.2, 0.25) is 0 Å². The van der Waals surface area contributed by atoms with Crippen LogP contribution in [-0.2, 0) is 81.2 Å². The number of primary amides is 1. The summed E-state index contributed by atoms with van der Waals surface area (Å²) in [5.74, 6) is 14.5. The van der Waals surface area contributed by atoms with Gasteiger partial charge in [0.1, 0.15) is 59.5 Å². The maximum absolute atomic E-state index is 11.4. The number of carbonyl (C=O) groups is 12. The first-order chi connectivity index (χ1) is 50.7. The number of hydrogen-bond donors (Lipinski definition) is 5. The molecule has 1 unspecified atom stereocenters. The van der Waals surface area contributed by atoms with Crippen molar-refractivity contribution in [2.24, 2.45) is 11.5 Å². The second-order valence-electron chi connectivity index (χ2n) is 20.7. The van der Waals surface area contributed by atoms with Crippen molar-refractivity contribution in [2.45, 2.75) is 203 Å². The molecule has 0 fully saturated rings. The zero-order valence-electron chi connectivity index (χ0n) is 70.3. The lowest BCUT2D eigenvalue weighted by atomic mass is 10.1. The molecule has 0 bridgehead atoms. The fourth-order valence-electron chi connectivity index (χ4n) is 5.22. The molecule has 23 nitrogen and oxygen atoms in total. The minimum absolute atomic E-state index is 0.0155. The number of nitrogens with zero attached hydrogens (tertiary/aromatic N) is 1. The zero-order chi connectivity index (χ0) is 85.0. The monoisotopic (exact) mass is 1750 g/mol. The summed E-state index contributed by atoms with van der Waals surface area (Å²) < 4.78 is 25.1. The quantitative estimate of drug-likeness (QED) is 0.0279. The lowest BCUT2D eigenvalue weighted by molar-refractivity contribution is -0.137. The van der Waals surface area contributed by atoms with E-state index in [1.807, 2.05) is 137 Å². The summed E-state index contributed by atoms with van der Waals surface area (Å²) in [7, 11) is 26.7. The molecule has 0 aliphatic rings.